The number of nitrogens with two attached hydrogens (primary N) is 1. The first-order chi connectivity index (χ1) is 8.58. The Bertz CT molecular complexity index is 416. The molecule has 1 aromatic rings. The van der Waals surface area contributed by atoms with Gasteiger partial charge in [0.25, 0.3) is 5.91 Å². The van der Waals surface area contributed by atoms with Crippen molar-refractivity contribution >= 4 is 17.2 Å². The molecule has 2 heterocycles. The molecule has 4 nitrogen and oxygen atoms in total. The van der Waals surface area contributed by atoms with Crippen molar-refractivity contribution in [3.05, 3.63) is 16.1 Å². The van der Waals surface area contributed by atoms with Gasteiger partial charge in [-0.15, -0.1) is 11.3 Å². The summed E-state index contributed by atoms with van der Waals surface area (Å²) in [5, 5.41) is 1.05. The molecule has 100 valence electrons. The van der Waals surface area contributed by atoms with Crippen LogP contribution < -0.4 is 5.73 Å². The van der Waals surface area contributed by atoms with Crippen LogP contribution in [-0.2, 0) is 0 Å². The standard InChI is InChI=1S/C13H21N3OS/c1-9(2)8-16-6-4-3-5-10(16)13-15-7-11(18-13)12(14)17/h7,9-10H,3-6,8H2,1-2H3,(H2,14,17)/t10-/m1/s1. The van der Waals surface area contributed by atoms with Gasteiger partial charge in [0.1, 0.15) is 9.88 Å². The average Bonchev–Trinajstić information content (AvgIpc) is 2.78. The summed E-state index contributed by atoms with van der Waals surface area (Å²) in [4.78, 5) is 18.6. The molecule has 1 saturated heterocycles. The smallest absolute Gasteiger partial charge is 0.260 e. The molecule has 0 saturated carbocycles. The molecular weight excluding hydrogens is 246 g/mol. The Morgan fingerprint density at radius 3 is 3.00 bits per heavy atom. The average molecular weight is 267 g/mol. The van der Waals surface area contributed by atoms with Gasteiger partial charge < -0.3 is 5.73 Å². The highest BCUT2D eigenvalue weighted by molar-refractivity contribution is 7.13. The second-order valence-electron chi connectivity index (χ2n) is 5.33. The molecule has 0 aliphatic carbocycles. The van der Waals surface area contributed by atoms with Crippen LogP contribution in [0.25, 0.3) is 0 Å². The lowest BCUT2D eigenvalue weighted by Crippen LogP contribution is -2.36. The number of carbonyl (C=O) groups excluding carboxylic acids is 1. The van der Waals surface area contributed by atoms with Gasteiger partial charge in [0.05, 0.1) is 12.2 Å². The van der Waals surface area contributed by atoms with Crippen molar-refractivity contribution in [1.82, 2.24) is 9.88 Å². The quantitative estimate of drug-likeness (QED) is 0.911. The van der Waals surface area contributed by atoms with Gasteiger partial charge >= 0.3 is 0 Å². The Kier molecular flexibility index (Phi) is 4.35. The number of nitrogens with zero attached hydrogens (tertiary/aromatic N) is 2. The van der Waals surface area contributed by atoms with Crippen molar-refractivity contribution in [2.45, 2.75) is 39.2 Å². The molecule has 18 heavy (non-hydrogen) atoms. The molecule has 1 aliphatic heterocycles. The van der Waals surface area contributed by atoms with Crippen molar-refractivity contribution in [3.63, 3.8) is 0 Å². The number of aromatic nitrogens is 1. The van der Waals surface area contributed by atoms with E-state index in [1.807, 2.05) is 0 Å². The van der Waals surface area contributed by atoms with Crippen LogP contribution in [0.15, 0.2) is 6.20 Å². The normalized spacial score (nSPS) is 21.4. The number of rotatable bonds is 4. The van der Waals surface area contributed by atoms with E-state index in [-0.39, 0.29) is 5.91 Å². The van der Waals surface area contributed by atoms with Gasteiger partial charge in [0.2, 0.25) is 0 Å². The number of primary amides is 1. The largest absolute Gasteiger partial charge is 0.365 e. The van der Waals surface area contributed by atoms with E-state index in [2.05, 4.69) is 23.7 Å². The van der Waals surface area contributed by atoms with Crippen molar-refractivity contribution in [2.24, 2.45) is 11.7 Å². The number of hydrogen-bond acceptors (Lipinski definition) is 4. The molecule has 1 atom stereocenters. The summed E-state index contributed by atoms with van der Waals surface area (Å²) in [6.07, 6.45) is 5.25. The molecule has 1 amide bonds. The summed E-state index contributed by atoms with van der Waals surface area (Å²) in [5.74, 6) is 0.283. The predicted octanol–water partition coefficient (Wildman–Crippen LogP) is 2.43. The lowest BCUT2D eigenvalue weighted by molar-refractivity contribution is 0.100. The molecule has 1 aromatic heterocycles. The zero-order valence-electron chi connectivity index (χ0n) is 11.1. The maximum atomic E-state index is 11.1. The van der Waals surface area contributed by atoms with Gasteiger partial charge in [-0.2, -0.15) is 0 Å². The van der Waals surface area contributed by atoms with Gasteiger partial charge in [-0.25, -0.2) is 4.98 Å². The van der Waals surface area contributed by atoms with Crippen LogP contribution in [0.1, 0.15) is 53.8 Å². The summed E-state index contributed by atoms with van der Waals surface area (Å²) < 4.78 is 0. The third-order valence-electron chi connectivity index (χ3n) is 3.26. The Morgan fingerprint density at radius 1 is 1.61 bits per heavy atom. The summed E-state index contributed by atoms with van der Waals surface area (Å²) in [5.41, 5.74) is 5.29. The van der Waals surface area contributed by atoms with E-state index in [0.717, 1.165) is 24.5 Å². The lowest BCUT2D eigenvalue weighted by atomic mass is 10.0. The summed E-state index contributed by atoms with van der Waals surface area (Å²) in [7, 11) is 0. The topological polar surface area (TPSA) is 59.2 Å². The summed E-state index contributed by atoms with van der Waals surface area (Å²) in [6, 6.07) is 0.374. The van der Waals surface area contributed by atoms with E-state index < -0.39 is 0 Å². The fourth-order valence-electron chi connectivity index (χ4n) is 2.51. The maximum Gasteiger partial charge on any atom is 0.260 e. The highest BCUT2D eigenvalue weighted by atomic mass is 32.1. The maximum absolute atomic E-state index is 11.1. The third-order valence-corrected chi connectivity index (χ3v) is 4.38. The van der Waals surface area contributed by atoms with E-state index in [1.54, 1.807) is 6.20 Å². The zero-order valence-corrected chi connectivity index (χ0v) is 11.9. The lowest BCUT2D eigenvalue weighted by Gasteiger charge is -2.35. The zero-order chi connectivity index (χ0) is 13.1. The third kappa shape index (κ3) is 3.09. The van der Waals surface area contributed by atoms with Crippen molar-refractivity contribution in [3.8, 4) is 0 Å². The summed E-state index contributed by atoms with van der Waals surface area (Å²) in [6.45, 7) is 6.70. The van der Waals surface area contributed by atoms with Crippen LogP contribution in [0.4, 0.5) is 0 Å². The second kappa shape index (κ2) is 5.80. The van der Waals surface area contributed by atoms with Gasteiger partial charge in [0, 0.05) is 6.54 Å². The highest BCUT2D eigenvalue weighted by Gasteiger charge is 2.27. The van der Waals surface area contributed by atoms with Crippen LogP contribution in [-0.4, -0.2) is 28.9 Å². The molecule has 0 bridgehead atoms. The van der Waals surface area contributed by atoms with E-state index in [4.69, 9.17) is 5.73 Å². The number of amides is 1. The minimum Gasteiger partial charge on any atom is -0.365 e. The Morgan fingerprint density at radius 2 is 2.39 bits per heavy atom. The van der Waals surface area contributed by atoms with E-state index in [0.29, 0.717) is 16.8 Å². The van der Waals surface area contributed by atoms with E-state index in [1.165, 1.54) is 24.2 Å². The Labute approximate surface area is 112 Å². The molecular formula is C13H21N3OS. The monoisotopic (exact) mass is 267 g/mol. The van der Waals surface area contributed by atoms with Gasteiger partial charge in [-0.1, -0.05) is 20.3 Å². The minimum atomic E-state index is -0.370. The number of piperidine rings is 1. The van der Waals surface area contributed by atoms with E-state index >= 15 is 0 Å². The molecule has 0 spiro atoms. The fourth-order valence-corrected chi connectivity index (χ4v) is 3.45. The predicted molar refractivity (Wildman–Crippen MR) is 73.6 cm³/mol. The van der Waals surface area contributed by atoms with Gasteiger partial charge in [-0.05, 0) is 25.3 Å². The molecule has 2 N–H and O–H groups in total. The number of hydrogen-bond donors (Lipinski definition) is 1. The van der Waals surface area contributed by atoms with Crippen molar-refractivity contribution in [2.75, 3.05) is 13.1 Å². The van der Waals surface area contributed by atoms with Crippen LogP contribution in [0.2, 0.25) is 0 Å². The van der Waals surface area contributed by atoms with Crippen LogP contribution in [0, 0.1) is 5.92 Å². The van der Waals surface area contributed by atoms with Gasteiger partial charge in [-0.3, -0.25) is 9.69 Å². The van der Waals surface area contributed by atoms with Gasteiger partial charge in [0.15, 0.2) is 0 Å². The molecule has 2 rings (SSSR count). The number of thiazole rings is 1. The minimum absolute atomic E-state index is 0.370. The molecule has 1 fully saturated rings. The van der Waals surface area contributed by atoms with Crippen molar-refractivity contribution in [1.29, 1.82) is 0 Å². The molecule has 0 unspecified atom stereocenters. The Balaban J connectivity index is 2.14. The molecule has 0 aromatic carbocycles. The first-order valence-corrected chi connectivity index (χ1v) is 7.39. The summed E-state index contributed by atoms with van der Waals surface area (Å²) >= 11 is 1.45. The number of likely N-dealkylation sites (tertiary alicyclic amines) is 1. The van der Waals surface area contributed by atoms with Crippen LogP contribution >= 0.6 is 11.3 Å². The Hall–Kier alpha value is -0.940. The fraction of sp³-hybridized carbons (Fsp3) is 0.692. The highest BCUT2D eigenvalue weighted by Crippen LogP contribution is 2.33. The second-order valence-corrected chi connectivity index (χ2v) is 6.39. The first kappa shape index (κ1) is 13.5. The molecule has 5 heteroatoms. The molecule has 1 aliphatic rings. The van der Waals surface area contributed by atoms with Crippen LogP contribution in [0.3, 0.4) is 0 Å². The van der Waals surface area contributed by atoms with E-state index in [9.17, 15) is 4.79 Å². The SMILES string of the molecule is CC(C)CN1CCCC[C@@H]1c1ncc(C(N)=O)s1. The van der Waals surface area contributed by atoms with Crippen molar-refractivity contribution < 1.29 is 4.79 Å². The first-order valence-electron chi connectivity index (χ1n) is 6.57. The van der Waals surface area contributed by atoms with Crippen LogP contribution in [0.5, 0.6) is 0 Å². The number of carbonyl (C=O) groups is 1. The molecule has 0 radical (unpaired) electrons.